The zero-order valence-corrected chi connectivity index (χ0v) is 16.7. The Morgan fingerprint density at radius 1 is 1.21 bits per heavy atom. The van der Waals surface area contributed by atoms with Gasteiger partial charge in [-0.25, -0.2) is 13.8 Å². The molecule has 0 aliphatic carbocycles. The number of hydrogen-bond acceptors (Lipinski definition) is 6. The topological polar surface area (TPSA) is 105 Å². The first-order chi connectivity index (χ1) is 13.1. The van der Waals surface area contributed by atoms with Crippen LogP contribution in [-0.2, 0) is 19.6 Å². The Morgan fingerprint density at radius 3 is 2.46 bits per heavy atom. The van der Waals surface area contributed by atoms with Gasteiger partial charge in [0.25, 0.3) is 5.91 Å². The standard InChI is InChI=1S/C18H18ClN3O5S/c1-13(23)27-17-8-6-14(7-9-17)11-20-21-18(24)12-22(28(2,25)26)16-5-3-4-15(19)10-16/h3-11H,12H2,1-2H3,(H,21,24)/b20-11-. The molecule has 1 amide bonds. The van der Waals surface area contributed by atoms with Crippen LogP contribution in [0.15, 0.2) is 53.6 Å². The van der Waals surface area contributed by atoms with E-state index in [0.29, 0.717) is 16.3 Å². The van der Waals surface area contributed by atoms with Crippen molar-refractivity contribution in [3.8, 4) is 5.75 Å². The highest BCUT2D eigenvalue weighted by molar-refractivity contribution is 7.92. The van der Waals surface area contributed by atoms with E-state index in [2.05, 4.69) is 10.5 Å². The van der Waals surface area contributed by atoms with Crippen LogP contribution < -0.4 is 14.5 Å². The van der Waals surface area contributed by atoms with Crippen molar-refractivity contribution in [1.82, 2.24) is 5.43 Å². The Bertz CT molecular complexity index is 991. The monoisotopic (exact) mass is 423 g/mol. The second-order valence-electron chi connectivity index (χ2n) is 5.71. The molecule has 8 nitrogen and oxygen atoms in total. The second-order valence-corrected chi connectivity index (χ2v) is 8.05. The zero-order valence-electron chi connectivity index (χ0n) is 15.1. The highest BCUT2D eigenvalue weighted by Crippen LogP contribution is 2.21. The van der Waals surface area contributed by atoms with Crippen molar-refractivity contribution in [1.29, 1.82) is 0 Å². The molecule has 0 atom stereocenters. The zero-order chi connectivity index (χ0) is 20.7. The van der Waals surface area contributed by atoms with Crippen LogP contribution in [0.4, 0.5) is 5.69 Å². The number of benzene rings is 2. The fraction of sp³-hybridized carbons (Fsp3) is 0.167. The van der Waals surface area contributed by atoms with E-state index in [4.69, 9.17) is 16.3 Å². The minimum atomic E-state index is -3.70. The van der Waals surface area contributed by atoms with Gasteiger partial charge in [-0.2, -0.15) is 5.10 Å². The Labute approximate surface area is 167 Å². The molecule has 0 saturated carbocycles. The van der Waals surface area contributed by atoms with Crippen molar-refractivity contribution >= 4 is 45.4 Å². The summed E-state index contributed by atoms with van der Waals surface area (Å²) in [5.74, 6) is -0.666. The van der Waals surface area contributed by atoms with E-state index in [-0.39, 0.29) is 5.69 Å². The smallest absolute Gasteiger partial charge is 0.308 e. The van der Waals surface area contributed by atoms with E-state index in [9.17, 15) is 18.0 Å². The van der Waals surface area contributed by atoms with E-state index < -0.39 is 28.4 Å². The molecule has 0 radical (unpaired) electrons. The minimum absolute atomic E-state index is 0.273. The quantitative estimate of drug-likeness (QED) is 0.318. The van der Waals surface area contributed by atoms with Gasteiger partial charge in [-0.1, -0.05) is 17.7 Å². The normalized spacial score (nSPS) is 11.2. The molecule has 0 aliphatic rings. The third kappa shape index (κ3) is 6.67. The van der Waals surface area contributed by atoms with Gasteiger partial charge in [0.05, 0.1) is 18.2 Å². The number of ether oxygens (including phenoxy) is 1. The van der Waals surface area contributed by atoms with Crippen molar-refractivity contribution in [2.45, 2.75) is 6.92 Å². The van der Waals surface area contributed by atoms with E-state index in [1.165, 1.54) is 25.3 Å². The first-order valence-electron chi connectivity index (χ1n) is 7.99. The van der Waals surface area contributed by atoms with Crippen LogP contribution in [0.25, 0.3) is 0 Å². The fourth-order valence-corrected chi connectivity index (χ4v) is 3.20. The summed E-state index contributed by atoms with van der Waals surface area (Å²) in [5, 5.41) is 4.15. The number of nitrogens with one attached hydrogen (secondary N) is 1. The number of nitrogens with zero attached hydrogens (tertiary/aromatic N) is 2. The number of sulfonamides is 1. The van der Waals surface area contributed by atoms with Crippen molar-refractivity contribution in [3.63, 3.8) is 0 Å². The third-order valence-electron chi connectivity index (χ3n) is 3.33. The Morgan fingerprint density at radius 2 is 1.89 bits per heavy atom. The van der Waals surface area contributed by atoms with Gasteiger partial charge in [-0.15, -0.1) is 0 Å². The summed E-state index contributed by atoms with van der Waals surface area (Å²) in [4.78, 5) is 23.0. The number of amides is 1. The maximum atomic E-state index is 12.1. The summed E-state index contributed by atoms with van der Waals surface area (Å²) in [6.45, 7) is 0.843. The first kappa shape index (κ1) is 21.4. The second kappa shape index (κ2) is 9.34. The van der Waals surface area contributed by atoms with Crippen LogP contribution in [0.2, 0.25) is 5.02 Å². The molecule has 2 rings (SSSR count). The number of hydrazone groups is 1. The lowest BCUT2D eigenvalue weighted by Crippen LogP contribution is -2.39. The minimum Gasteiger partial charge on any atom is -0.427 e. The van der Waals surface area contributed by atoms with Crippen LogP contribution in [0.1, 0.15) is 12.5 Å². The summed E-state index contributed by atoms with van der Waals surface area (Å²) in [7, 11) is -3.70. The van der Waals surface area contributed by atoms with Gasteiger partial charge >= 0.3 is 5.97 Å². The molecule has 0 bridgehead atoms. The first-order valence-corrected chi connectivity index (χ1v) is 10.2. The van der Waals surface area contributed by atoms with Gasteiger partial charge in [-0.3, -0.25) is 13.9 Å². The van der Waals surface area contributed by atoms with Gasteiger partial charge in [0, 0.05) is 11.9 Å². The van der Waals surface area contributed by atoms with E-state index in [1.54, 1.807) is 36.4 Å². The van der Waals surface area contributed by atoms with Gasteiger partial charge in [-0.05, 0) is 48.0 Å². The number of carbonyl (C=O) groups excluding carboxylic acids is 2. The number of rotatable bonds is 7. The number of halogens is 1. The van der Waals surface area contributed by atoms with Crippen molar-refractivity contribution in [2.75, 3.05) is 17.1 Å². The van der Waals surface area contributed by atoms with E-state index >= 15 is 0 Å². The van der Waals surface area contributed by atoms with Crippen LogP contribution in [0.3, 0.4) is 0 Å². The molecule has 0 spiro atoms. The summed E-state index contributed by atoms with van der Waals surface area (Å²) in [5.41, 5.74) is 3.19. The molecule has 2 aromatic rings. The van der Waals surface area contributed by atoms with Crippen LogP contribution >= 0.6 is 11.6 Å². The van der Waals surface area contributed by atoms with Gasteiger partial charge in [0.15, 0.2) is 0 Å². The largest absolute Gasteiger partial charge is 0.427 e. The molecule has 148 valence electrons. The summed E-state index contributed by atoms with van der Waals surface area (Å²) in [6, 6.07) is 12.6. The average molecular weight is 424 g/mol. The van der Waals surface area contributed by atoms with Crippen LogP contribution in [0, 0.1) is 0 Å². The summed E-state index contributed by atoms with van der Waals surface area (Å²) < 4.78 is 29.9. The van der Waals surface area contributed by atoms with E-state index in [1.807, 2.05) is 0 Å². The maximum Gasteiger partial charge on any atom is 0.308 e. The molecule has 0 heterocycles. The van der Waals surface area contributed by atoms with Gasteiger partial charge < -0.3 is 4.74 Å². The molecule has 0 saturated heterocycles. The summed E-state index contributed by atoms with van der Waals surface area (Å²) in [6.07, 6.45) is 2.37. The van der Waals surface area contributed by atoms with Crippen molar-refractivity contribution in [2.24, 2.45) is 5.10 Å². The number of esters is 1. The lowest BCUT2D eigenvalue weighted by molar-refractivity contribution is -0.131. The molecule has 0 aromatic heterocycles. The Hall–Kier alpha value is -2.91. The molecular formula is C18H18ClN3O5S. The predicted octanol–water partition coefficient (Wildman–Crippen LogP) is 2.18. The highest BCUT2D eigenvalue weighted by Gasteiger charge is 2.20. The number of carbonyl (C=O) groups is 2. The molecule has 0 unspecified atom stereocenters. The molecule has 10 heteroatoms. The molecule has 2 aromatic carbocycles. The van der Waals surface area contributed by atoms with Gasteiger partial charge in [0.1, 0.15) is 12.3 Å². The van der Waals surface area contributed by atoms with Crippen molar-refractivity contribution in [3.05, 3.63) is 59.1 Å². The molecule has 1 N–H and O–H groups in total. The van der Waals surface area contributed by atoms with Crippen molar-refractivity contribution < 1.29 is 22.7 Å². The molecule has 0 fully saturated rings. The summed E-state index contributed by atoms with van der Waals surface area (Å²) >= 11 is 5.89. The highest BCUT2D eigenvalue weighted by atomic mass is 35.5. The van der Waals surface area contributed by atoms with E-state index in [0.717, 1.165) is 10.6 Å². The lowest BCUT2D eigenvalue weighted by atomic mass is 10.2. The molecule has 0 aliphatic heterocycles. The molecular weight excluding hydrogens is 406 g/mol. The average Bonchev–Trinajstić information content (AvgIpc) is 2.60. The predicted molar refractivity (Wildman–Crippen MR) is 107 cm³/mol. The van der Waals surface area contributed by atoms with Crippen LogP contribution in [0.5, 0.6) is 5.75 Å². The fourth-order valence-electron chi connectivity index (χ4n) is 2.16. The molecule has 28 heavy (non-hydrogen) atoms. The maximum absolute atomic E-state index is 12.1. The number of hydrogen-bond donors (Lipinski definition) is 1. The van der Waals surface area contributed by atoms with Gasteiger partial charge in [0.2, 0.25) is 10.0 Å². The Balaban J connectivity index is 2.01. The third-order valence-corrected chi connectivity index (χ3v) is 4.70. The lowest BCUT2D eigenvalue weighted by Gasteiger charge is -2.21. The SMILES string of the molecule is CC(=O)Oc1ccc(/C=N\NC(=O)CN(c2cccc(Cl)c2)S(C)(=O)=O)cc1. The van der Waals surface area contributed by atoms with Crippen LogP contribution in [-0.4, -0.2) is 39.3 Å². The Kier molecular flexibility index (Phi) is 7.13. The number of anilines is 1.